The maximum absolute atomic E-state index is 11.7. The molecule has 0 bridgehead atoms. The number of hydrogen-bond donors (Lipinski definition) is 2. The minimum atomic E-state index is -1.44. The highest BCUT2D eigenvalue weighted by Gasteiger charge is 2.36. The van der Waals surface area contributed by atoms with Gasteiger partial charge in [0, 0.05) is 13.8 Å². The fourth-order valence-corrected chi connectivity index (χ4v) is 1.51. The van der Waals surface area contributed by atoms with Crippen LogP contribution < -0.4 is 5.32 Å². The van der Waals surface area contributed by atoms with E-state index in [1.807, 2.05) is 20.8 Å². The molecule has 0 radical (unpaired) electrons. The van der Waals surface area contributed by atoms with Gasteiger partial charge in [0.2, 0.25) is 6.29 Å². The summed E-state index contributed by atoms with van der Waals surface area (Å²) in [7, 11) is 0. The van der Waals surface area contributed by atoms with Crippen molar-refractivity contribution >= 4 is 18.0 Å². The molecule has 7 heteroatoms. The number of rotatable bonds is 6. The topological polar surface area (TPSA) is 102 Å². The SMILES string of the molecule is CC(=O)O[C@H](C)OC(=O)N[C@@](C)(CCC(C)(C)C)C(=O)O. The molecule has 0 aliphatic heterocycles. The van der Waals surface area contributed by atoms with Gasteiger partial charge in [-0.3, -0.25) is 4.79 Å². The molecule has 7 nitrogen and oxygen atoms in total. The first-order valence-electron chi connectivity index (χ1n) is 6.75. The highest BCUT2D eigenvalue weighted by Crippen LogP contribution is 2.26. The van der Waals surface area contributed by atoms with Crippen molar-refractivity contribution in [2.75, 3.05) is 0 Å². The standard InChI is InChI=1S/C14H25NO6/c1-9(16)20-10(2)21-12(19)15-14(6,11(17)18)8-7-13(3,4)5/h10H,7-8H2,1-6H3,(H,15,19)(H,17,18)/t10-,14-/m0/s1. The Bertz CT molecular complexity index is 401. The molecule has 0 aromatic heterocycles. The number of nitrogens with one attached hydrogen (secondary N) is 1. The highest BCUT2D eigenvalue weighted by molar-refractivity contribution is 5.83. The molecule has 2 N–H and O–H groups in total. The summed E-state index contributed by atoms with van der Waals surface area (Å²) < 4.78 is 9.42. The first-order chi connectivity index (χ1) is 9.35. The summed E-state index contributed by atoms with van der Waals surface area (Å²) in [5, 5.41) is 11.6. The lowest BCUT2D eigenvalue weighted by Gasteiger charge is -2.29. The number of amides is 1. The summed E-state index contributed by atoms with van der Waals surface area (Å²) in [5.74, 6) is -1.74. The van der Waals surface area contributed by atoms with E-state index in [-0.39, 0.29) is 11.8 Å². The smallest absolute Gasteiger partial charge is 0.411 e. The van der Waals surface area contributed by atoms with E-state index in [1.165, 1.54) is 20.8 Å². The molecule has 0 saturated carbocycles. The van der Waals surface area contributed by atoms with Crippen LogP contribution in [0.3, 0.4) is 0 Å². The van der Waals surface area contributed by atoms with Crippen molar-refractivity contribution in [2.45, 2.75) is 66.2 Å². The van der Waals surface area contributed by atoms with Crippen LogP contribution in [-0.4, -0.2) is 35.0 Å². The number of carboxylic acids is 1. The number of carboxylic acid groups (broad SMARTS) is 1. The molecule has 21 heavy (non-hydrogen) atoms. The van der Waals surface area contributed by atoms with Crippen molar-refractivity contribution in [2.24, 2.45) is 5.41 Å². The van der Waals surface area contributed by atoms with Crippen LogP contribution in [0.15, 0.2) is 0 Å². The second-order valence-electron chi connectivity index (χ2n) is 6.41. The highest BCUT2D eigenvalue weighted by atomic mass is 16.7. The maximum atomic E-state index is 11.7. The molecule has 0 saturated heterocycles. The lowest BCUT2D eigenvalue weighted by Crippen LogP contribution is -2.53. The van der Waals surface area contributed by atoms with E-state index in [1.54, 1.807) is 0 Å². The Hall–Kier alpha value is -1.79. The number of alkyl carbamates (subject to hydrolysis) is 1. The monoisotopic (exact) mass is 303 g/mol. The van der Waals surface area contributed by atoms with Crippen LogP contribution in [0.4, 0.5) is 4.79 Å². The second kappa shape index (κ2) is 7.28. The minimum absolute atomic E-state index is 0.0622. The maximum Gasteiger partial charge on any atom is 0.411 e. The summed E-state index contributed by atoms with van der Waals surface area (Å²) in [6.45, 7) is 9.92. The lowest BCUT2D eigenvalue weighted by atomic mass is 9.84. The van der Waals surface area contributed by atoms with Gasteiger partial charge in [-0.15, -0.1) is 0 Å². The molecule has 0 aliphatic carbocycles. The van der Waals surface area contributed by atoms with Gasteiger partial charge in [0.15, 0.2) is 0 Å². The molecule has 0 heterocycles. The molecule has 0 unspecified atom stereocenters. The Balaban J connectivity index is 4.66. The largest absolute Gasteiger partial charge is 0.480 e. The molecule has 0 spiro atoms. The van der Waals surface area contributed by atoms with Crippen LogP contribution in [0.5, 0.6) is 0 Å². The first-order valence-corrected chi connectivity index (χ1v) is 6.75. The van der Waals surface area contributed by atoms with Gasteiger partial charge in [0.25, 0.3) is 0 Å². The minimum Gasteiger partial charge on any atom is -0.480 e. The Morgan fingerprint density at radius 1 is 1.10 bits per heavy atom. The first kappa shape index (κ1) is 19.2. The summed E-state index contributed by atoms with van der Waals surface area (Å²) in [6, 6.07) is 0. The van der Waals surface area contributed by atoms with Crippen molar-refractivity contribution in [3.63, 3.8) is 0 Å². The normalized spacial score (nSPS) is 15.5. The van der Waals surface area contributed by atoms with Gasteiger partial charge in [-0.05, 0) is 25.2 Å². The number of carbonyl (C=O) groups is 3. The Labute approximate surface area is 125 Å². The van der Waals surface area contributed by atoms with Gasteiger partial charge < -0.3 is 19.9 Å². The van der Waals surface area contributed by atoms with Crippen LogP contribution in [0, 0.1) is 5.41 Å². The molecule has 2 atom stereocenters. The quantitative estimate of drug-likeness (QED) is 0.576. The summed E-state index contributed by atoms with van der Waals surface area (Å²) in [5.41, 5.74) is -1.51. The summed E-state index contributed by atoms with van der Waals surface area (Å²) in [6.07, 6.45) is -1.16. The molecule has 122 valence electrons. The van der Waals surface area contributed by atoms with Crippen LogP contribution in [-0.2, 0) is 19.1 Å². The summed E-state index contributed by atoms with van der Waals surface area (Å²) >= 11 is 0. The van der Waals surface area contributed by atoms with Gasteiger partial charge in [-0.25, -0.2) is 9.59 Å². The van der Waals surface area contributed by atoms with Crippen molar-refractivity contribution < 1.29 is 29.0 Å². The molecule has 0 aromatic rings. The number of esters is 1. The Morgan fingerprint density at radius 2 is 1.62 bits per heavy atom. The van der Waals surface area contributed by atoms with E-state index >= 15 is 0 Å². The number of carbonyl (C=O) groups excluding carboxylic acids is 2. The van der Waals surface area contributed by atoms with Crippen molar-refractivity contribution in [3.05, 3.63) is 0 Å². The predicted molar refractivity (Wildman–Crippen MR) is 75.6 cm³/mol. The van der Waals surface area contributed by atoms with E-state index in [9.17, 15) is 19.5 Å². The molecular weight excluding hydrogens is 278 g/mol. The fraction of sp³-hybridized carbons (Fsp3) is 0.786. The van der Waals surface area contributed by atoms with E-state index in [0.29, 0.717) is 6.42 Å². The molecule has 0 aliphatic rings. The van der Waals surface area contributed by atoms with E-state index < -0.39 is 29.9 Å². The van der Waals surface area contributed by atoms with E-state index in [0.717, 1.165) is 0 Å². The summed E-state index contributed by atoms with van der Waals surface area (Å²) in [4.78, 5) is 33.8. The van der Waals surface area contributed by atoms with E-state index in [4.69, 9.17) is 4.74 Å². The van der Waals surface area contributed by atoms with Gasteiger partial charge >= 0.3 is 18.0 Å². The number of ether oxygens (including phenoxy) is 2. The Kier molecular flexibility index (Phi) is 6.66. The molecule has 1 amide bonds. The van der Waals surface area contributed by atoms with Crippen LogP contribution >= 0.6 is 0 Å². The molecule has 0 fully saturated rings. The Morgan fingerprint density at radius 3 is 2.00 bits per heavy atom. The fourth-order valence-electron chi connectivity index (χ4n) is 1.51. The number of aliphatic carboxylic acids is 1. The van der Waals surface area contributed by atoms with Crippen molar-refractivity contribution in [3.8, 4) is 0 Å². The van der Waals surface area contributed by atoms with Gasteiger partial charge in [-0.2, -0.15) is 0 Å². The third-order valence-corrected chi connectivity index (χ3v) is 2.83. The van der Waals surface area contributed by atoms with Crippen molar-refractivity contribution in [1.82, 2.24) is 5.32 Å². The third kappa shape index (κ3) is 8.16. The zero-order chi connectivity index (χ0) is 16.8. The zero-order valence-electron chi connectivity index (χ0n) is 13.5. The average Bonchev–Trinajstić information content (AvgIpc) is 2.23. The van der Waals surface area contributed by atoms with Crippen LogP contribution in [0.1, 0.15) is 54.4 Å². The second-order valence-corrected chi connectivity index (χ2v) is 6.41. The third-order valence-electron chi connectivity index (χ3n) is 2.83. The number of hydrogen-bond acceptors (Lipinski definition) is 5. The molecule has 0 rings (SSSR count). The van der Waals surface area contributed by atoms with Crippen LogP contribution in [0.2, 0.25) is 0 Å². The zero-order valence-corrected chi connectivity index (χ0v) is 13.5. The van der Waals surface area contributed by atoms with Crippen LogP contribution in [0.25, 0.3) is 0 Å². The molecular formula is C14H25NO6. The van der Waals surface area contributed by atoms with Gasteiger partial charge in [-0.1, -0.05) is 20.8 Å². The van der Waals surface area contributed by atoms with Gasteiger partial charge in [0.1, 0.15) is 5.54 Å². The lowest BCUT2D eigenvalue weighted by molar-refractivity contribution is -0.163. The van der Waals surface area contributed by atoms with E-state index in [2.05, 4.69) is 10.1 Å². The van der Waals surface area contributed by atoms with Gasteiger partial charge in [0.05, 0.1) is 0 Å². The molecule has 0 aromatic carbocycles. The van der Waals surface area contributed by atoms with Crippen molar-refractivity contribution in [1.29, 1.82) is 0 Å². The average molecular weight is 303 g/mol. The predicted octanol–water partition coefficient (Wildman–Crippen LogP) is 2.29.